The van der Waals surface area contributed by atoms with E-state index in [0.29, 0.717) is 44.5 Å². The quantitative estimate of drug-likeness (QED) is 0.630. The highest BCUT2D eigenvalue weighted by molar-refractivity contribution is 6.43. The molecule has 0 unspecified atom stereocenters. The van der Waals surface area contributed by atoms with E-state index in [-0.39, 0.29) is 6.61 Å². The smallest absolute Gasteiger partial charge is 0.0856 e. The maximum atomic E-state index is 10.0. The van der Waals surface area contributed by atoms with Crippen LogP contribution in [0, 0.1) is 5.41 Å². The first-order valence-electron chi connectivity index (χ1n) is 10.1. The molecule has 2 saturated carbocycles. The van der Waals surface area contributed by atoms with Crippen LogP contribution in [0.25, 0.3) is 11.3 Å². The van der Waals surface area contributed by atoms with E-state index in [2.05, 4.69) is 0 Å². The fourth-order valence-corrected chi connectivity index (χ4v) is 5.73. The van der Waals surface area contributed by atoms with E-state index in [9.17, 15) is 5.11 Å². The van der Waals surface area contributed by atoms with Crippen molar-refractivity contribution < 1.29 is 5.11 Å². The Morgan fingerprint density at radius 2 is 1.89 bits per heavy atom. The molecule has 1 aromatic carbocycles. The highest BCUT2D eigenvalue weighted by Crippen LogP contribution is 2.52. The number of rotatable bonds is 3. The minimum atomic E-state index is -0.146. The van der Waals surface area contributed by atoms with Crippen molar-refractivity contribution in [3.63, 3.8) is 0 Å². The first kappa shape index (κ1) is 20.0. The number of nitrogen functional groups attached to an aromatic ring is 1. The Bertz CT molecular complexity index is 878. The largest absolute Gasteiger partial charge is 0.398 e. The van der Waals surface area contributed by atoms with Crippen LogP contribution in [-0.2, 0) is 6.61 Å². The van der Waals surface area contributed by atoms with Crippen molar-refractivity contribution in [2.24, 2.45) is 11.1 Å². The van der Waals surface area contributed by atoms with Crippen molar-refractivity contribution in [2.45, 2.75) is 63.5 Å². The minimum absolute atomic E-state index is 0.146. The van der Waals surface area contributed by atoms with Crippen LogP contribution in [0.4, 0.5) is 5.69 Å². The number of benzene rings is 1. The Hall–Kier alpha value is -1.33. The summed E-state index contributed by atoms with van der Waals surface area (Å²) in [5.41, 5.74) is 16.9. The van der Waals surface area contributed by atoms with Crippen molar-refractivity contribution in [1.82, 2.24) is 4.98 Å². The standard InChI is InChI=1S/C22H27Cl2N3O/c23-15-4-1-3-14(21(15)24)17-11-16(25)20(18(12-28)27-17)13-6-9-22(10-7-13)8-2-5-19(22)26/h1,3-4,11,13,19,28H,2,5-10,12,26H2,(H2,25,27)/t13?,19-,22?/m1/s1. The van der Waals surface area contributed by atoms with E-state index in [0.717, 1.165) is 43.2 Å². The van der Waals surface area contributed by atoms with E-state index in [1.165, 1.54) is 12.8 Å². The lowest BCUT2D eigenvalue weighted by molar-refractivity contribution is 0.157. The van der Waals surface area contributed by atoms with Crippen molar-refractivity contribution >= 4 is 28.9 Å². The van der Waals surface area contributed by atoms with Gasteiger partial charge in [0.1, 0.15) is 0 Å². The predicted octanol–water partition coefficient (Wildman–Crippen LogP) is 5.29. The van der Waals surface area contributed by atoms with Crippen molar-refractivity contribution in [3.05, 3.63) is 45.6 Å². The molecule has 2 aliphatic carbocycles. The lowest BCUT2D eigenvalue weighted by Gasteiger charge is -2.41. The number of nitrogens with two attached hydrogens (primary N) is 2. The molecule has 4 rings (SSSR count). The third kappa shape index (κ3) is 3.41. The molecule has 1 spiro atoms. The van der Waals surface area contributed by atoms with Crippen LogP contribution in [0.15, 0.2) is 24.3 Å². The van der Waals surface area contributed by atoms with Gasteiger partial charge < -0.3 is 16.6 Å². The average molecular weight is 420 g/mol. The van der Waals surface area contributed by atoms with Crippen LogP contribution in [0.3, 0.4) is 0 Å². The molecule has 1 atom stereocenters. The molecule has 0 bridgehead atoms. The number of aliphatic hydroxyl groups is 1. The Balaban J connectivity index is 1.65. The number of aromatic nitrogens is 1. The number of pyridine rings is 1. The summed E-state index contributed by atoms with van der Waals surface area (Å²) in [6, 6.07) is 7.62. The molecule has 1 aromatic heterocycles. The molecule has 150 valence electrons. The minimum Gasteiger partial charge on any atom is -0.398 e. The molecule has 0 radical (unpaired) electrons. The van der Waals surface area contributed by atoms with Gasteiger partial charge in [-0.3, -0.25) is 0 Å². The molecule has 5 N–H and O–H groups in total. The van der Waals surface area contributed by atoms with Gasteiger partial charge in [-0.1, -0.05) is 41.8 Å². The Morgan fingerprint density at radius 3 is 2.54 bits per heavy atom. The maximum Gasteiger partial charge on any atom is 0.0856 e. The lowest BCUT2D eigenvalue weighted by Crippen LogP contribution is -2.39. The molecule has 2 aliphatic rings. The van der Waals surface area contributed by atoms with Crippen LogP contribution in [-0.4, -0.2) is 16.1 Å². The average Bonchev–Trinajstić information content (AvgIpc) is 3.04. The van der Waals surface area contributed by atoms with Gasteiger partial charge in [0.15, 0.2) is 0 Å². The molecule has 0 amide bonds. The summed E-state index contributed by atoms with van der Waals surface area (Å²) in [5.74, 6) is 0.317. The molecular formula is C22H27Cl2N3O. The highest BCUT2D eigenvalue weighted by atomic mass is 35.5. The number of hydrogen-bond donors (Lipinski definition) is 3. The first-order valence-corrected chi connectivity index (χ1v) is 10.8. The van der Waals surface area contributed by atoms with Gasteiger partial charge in [-0.05, 0) is 62.0 Å². The van der Waals surface area contributed by atoms with E-state index in [1.807, 2.05) is 18.2 Å². The third-order valence-electron chi connectivity index (χ3n) is 6.91. The maximum absolute atomic E-state index is 10.0. The van der Waals surface area contributed by atoms with Crippen LogP contribution in [0.1, 0.15) is 62.1 Å². The molecule has 4 nitrogen and oxygen atoms in total. The zero-order valence-electron chi connectivity index (χ0n) is 15.9. The van der Waals surface area contributed by atoms with Gasteiger partial charge in [0, 0.05) is 22.9 Å². The molecule has 0 aliphatic heterocycles. The Labute approximate surface area is 176 Å². The molecule has 28 heavy (non-hydrogen) atoms. The number of hydrogen-bond acceptors (Lipinski definition) is 4. The predicted molar refractivity (Wildman–Crippen MR) is 115 cm³/mol. The van der Waals surface area contributed by atoms with Gasteiger partial charge in [-0.15, -0.1) is 0 Å². The third-order valence-corrected chi connectivity index (χ3v) is 7.73. The van der Waals surface area contributed by atoms with Crippen molar-refractivity contribution in [3.8, 4) is 11.3 Å². The topological polar surface area (TPSA) is 85.2 Å². The van der Waals surface area contributed by atoms with E-state index >= 15 is 0 Å². The molecular weight excluding hydrogens is 393 g/mol. The van der Waals surface area contributed by atoms with Gasteiger partial charge in [0.05, 0.1) is 28.0 Å². The number of nitrogens with zero attached hydrogens (tertiary/aromatic N) is 1. The van der Waals surface area contributed by atoms with Crippen LogP contribution in [0.5, 0.6) is 0 Å². The van der Waals surface area contributed by atoms with E-state index in [4.69, 9.17) is 39.7 Å². The molecule has 6 heteroatoms. The van der Waals surface area contributed by atoms with E-state index in [1.54, 1.807) is 6.07 Å². The summed E-state index contributed by atoms with van der Waals surface area (Å²) < 4.78 is 0. The number of halogens is 2. The lowest BCUT2D eigenvalue weighted by atomic mass is 9.66. The summed E-state index contributed by atoms with van der Waals surface area (Å²) in [6.07, 6.45) is 7.98. The summed E-state index contributed by atoms with van der Waals surface area (Å²) in [6.45, 7) is -0.146. The summed E-state index contributed by atoms with van der Waals surface area (Å²) in [5, 5.41) is 10.9. The summed E-state index contributed by atoms with van der Waals surface area (Å²) in [7, 11) is 0. The Kier molecular flexibility index (Phi) is 5.58. The second-order valence-electron chi connectivity index (χ2n) is 8.35. The highest BCUT2D eigenvalue weighted by Gasteiger charge is 2.43. The van der Waals surface area contributed by atoms with Gasteiger partial charge in [0.2, 0.25) is 0 Å². The normalized spacial score (nSPS) is 27.4. The Morgan fingerprint density at radius 1 is 1.14 bits per heavy atom. The summed E-state index contributed by atoms with van der Waals surface area (Å²) >= 11 is 12.5. The van der Waals surface area contributed by atoms with Gasteiger partial charge in [-0.2, -0.15) is 0 Å². The molecule has 2 aromatic rings. The van der Waals surface area contributed by atoms with Crippen molar-refractivity contribution in [1.29, 1.82) is 0 Å². The number of anilines is 1. The molecule has 2 fully saturated rings. The SMILES string of the molecule is Nc1cc(-c2cccc(Cl)c2Cl)nc(CO)c1C1CCC2(CCC[C@H]2N)CC1. The zero-order chi connectivity index (χ0) is 19.9. The van der Waals surface area contributed by atoms with Gasteiger partial charge in [0.25, 0.3) is 0 Å². The second kappa shape index (κ2) is 7.83. The fraction of sp³-hybridized carbons (Fsp3) is 0.500. The van der Waals surface area contributed by atoms with Gasteiger partial charge in [-0.25, -0.2) is 4.98 Å². The summed E-state index contributed by atoms with van der Waals surface area (Å²) in [4.78, 5) is 4.71. The molecule has 0 saturated heterocycles. The second-order valence-corrected chi connectivity index (χ2v) is 9.14. The first-order chi connectivity index (χ1) is 13.4. The van der Waals surface area contributed by atoms with Crippen LogP contribution in [0.2, 0.25) is 10.0 Å². The van der Waals surface area contributed by atoms with E-state index < -0.39 is 0 Å². The number of aliphatic hydroxyl groups excluding tert-OH is 1. The van der Waals surface area contributed by atoms with Gasteiger partial charge >= 0.3 is 0 Å². The van der Waals surface area contributed by atoms with Crippen LogP contribution >= 0.6 is 23.2 Å². The van der Waals surface area contributed by atoms with Crippen molar-refractivity contribution in [2.75, 3.05) is 5.73 Å². The zero-order valence-corrected chi connectivity index (χ0v) is 17.4. The van der Waals surface area contributed by atoms with Crippen LogP contribution < -0.4 is 11.5 Å². The monoisotopic (exact) mass is 419 g/mol. The fourth-order valence-electron chi connectivity index (χ4n) is 5.33. The molecule has 1 heterocycles.